The van der Waals surface area contributed by atoms with E-state index in [1.165, 1.54) is 12.1 Å². The highest BCUT2D eigenvalue weighted by atomic mass is 16.6. The van der Waals surface area contributed by atoms with Gasteiger partial charge in [0.2, 0.25) is 0 Å². The summed E-state index contributed by atoms with van der Waals surface area (Å²) in [7, 11) is 2.04. The minimum Gasteiger partial charge on any atom is -0.305 e. The zero-order chi connectivity index (χ0) is 19.4. The summed E-state index contributed by atoms with van der Waals surface area (Å²) in [6.07, 6.45) is 0.726. The predicted octanol–water partition coefficient (Wildman–Crippen LogP) is 3.39. The first-order chi connectivity index (χ1) is 13.0. The van der Waals surface area contributed by atoms with Gasteiger partial charge in [-0.25, -0.2) is 0 Å². The first-order valence-electron chi connectivity index (χ1n) is 8.44. The molecular weight excluding hydrogens is 350 g/mol. The molecule has 9 heteroatoms. The summed E-state index contributed by atoms with van der Waals surface area (Å²) in [5.74, 6) is 0.0783. The Morgan fingerprint density at radius 3 is 2.52 bits per heavy atom. The van der Waals surface area contributed by atoms with Gasteiger partial charge in [-0.15, -0.1) is 0 Å². The van der Waals surface area contributed by atoms with E-state index in [2.05, 4.69) is 15.4 Å². The number of likely N-dealkylation sites (N-methyl/N-ethyl adjacent to an activating group) is 1. The van der Waals surface area contributed by atoms with Crippen LogP contribution in [0.5, 0.6) is 0 Å². The Morgan fingerprint density at radius 1 is 1.11 bits per heavy atom. The van der Waals surface area contributed by atoms with Crippen molar-refractivity contribution in [3.63, 3.8) is 0 Å². The standard InChI is InChI=1S/C18H19N5O4/c1-21-10-9-16(15(12-21)13-5-3-2-4-6-13)19-20-17-8-7-14(22(24)25)11-18(17)23(26)27/h2-8,11,15,20H,9-10,12H2,1H3/b19-16+. The molecule has 140 valence electrons. The van der Waals surface area contributed by atoms with Crippen LogP contribution >= 0.6 is 0 Å². The van der Waals surface area contributed by atoms with E-state index in [1.54, 1.807) is 0 Å². The number of likely N-dealkylation sites (tertiary alicyclic amines) is 1. The smallest absolute Gasteiger partial charge is 0.301 e. The Hall–Kier alpha value is -3.33. The normalized spacial score (nSPS) is 19.0. The van der Waals surface area contributed by atoms with E-state index in [1.807, 2.05) is 37.4 Å². The Labute approximate surface area is 155 Å². The van der Waals surface area contributed by atoms with Crippen LogP contribution in [0.4, 0.5) is 17.1 Å². The third kappa shape index (κ3) is 4.26. The molecule has 27 heavy (non-hydrogen) atoms. The van der Waals surface area contributed by atoms with Crippen LogP contribution in [0, 0.1) is 20.2 Å². The fraction of sp³-hybridized carbons (Fsp3) is 0.278. The molecule has 1 N–H and O–H groups in total. The highest BCUT2D eigenvalue weighted by molar-refractivity contribution is 5.92. The Morgan fingerprint density at radius 2 is 1.85 bits per heavy atom. The number of hydrogen-bond donors (Lipinski definition) is 1. The van der Waals surface area contributed by atoms with Gasteiger partial charge in [0.1, 0.15) is 5.69 Å². The molecule has 1 atom stereocenters. The SMILES string of the molecule is CN1CC/C(=N\Nc2ccc([N+](=O)[O-])cc2[N+](=O)[O-])C(c2ccccc2)C1. The minimum absolute atomic E-state index is 0.0783. The van der Waals surface area contributed by atoms with E-state index in [0.717, 1.165) is 36.9 Å². The number of nitro groups is 2. The third-order valence-corrected chi connectivity index (χ3v) is 4.56. The molecule has 0 aliphatic carbocycles. The van der Waals surface area contributed by atoms with Crippen molar-refractivity contribution in [3.8, 4) is 0 Å². The molecule has 0 bridgehead atoms. The topological polar surface area (TPSA) is 114 Å². The van der Waals surface area contributed by atoms with E-state index in [9.17, 15) is 20.2 Å². The zero-order valence-electron chi connectivity index (χ0n) is 14.7. The van der Waals surface area contributed by atoms with Crippen LogP contribution in [0.25, 0.3) is 0 Å². The maximum Gasteiger partial charge on any atom is 0.301 e. The van der Waals surface area contributed by atoms with Crippen LogP contribution in [-0.2, 0) is 0 Å². The van der Waals surface area contributed by atoms with Gasteiger partial charge >= 0.3 is 5.69 Å². The summed E-state index contributed by atoms with van der Waals surface area (Å²) in [6.45, 7) is 1.64. The first-order valence-corrected chi connectivity index (χ1v) is 8.44. The maximum atomic E-state index is 11.3. The van der Waals surface area contributed by atoms with Crippen molar-refractivity contribution in [2.45, 2.75) is 12.3 Å². The Bertz CT molecular complexity index is 885. The van der Waals surface area contributed by atoms with Crippen molar-refractivity contribution in [3.05, 3.63) is 74.3 Å². The van der Waals surface area contributed by atoms with Gasteiger partial charge in [0, 0.05) is 37.2 Å². The molecule has 1 saturated heterocycles. The fourth-order valence-corrected chi connectivity index (χ4v) is 3.12. The van der Waals surface area contributed by atoms with Crippen LogP contribution in [0.3, 0.4) is 0 Å². The van der Waals surface area contributed by atoms with Gasteiger partial charge in [0.25, 0.3) is 5.69 Å². The van der Waals surface area contributed by atoms with Crippen molar-refractivity contribution in [1.82, 2.24) is 4.90 Å². The van der Waals surface area contributed by atoms with Gasteiger partial charge in [-0.05, 0) is 18.7 Å². The summed E-state index contributed by atoms with van der Waals surface area (Å²) in [6, 6.07) is 13.4. The molecule has 1 unspecified atom stereocenters. The van der Waals surface area contributed by atoms with Crippen molar-refractivity contribution in [1.29, 1.82) is 0 Å². The number of nitrogens with zero attached hydrogens (tertiary/aromatic N) is 4. The van der Waals surface area contributed by atoms with Gasteiger partial charge in [-0.3, -0.25) is 25.7 Å². The van der Waals surface area contributed by atoms with Crippen molar-refractivity contribution < 1.29 is 9.85 Å². The van der Waals surface area contributed by atoms with Gasteiger partial charge in [-0.1, -0.05) is 30.3 Å². The van der Waals surface area contributed by atoms with E-state index < -0.39 is 9.85 Å². The fourth-order valence-electron chi connectivity index (χ4n) is 3.12. The Balaban J connectivity index is 1.89. The molecule has 0 aromatic heterocycles. The second kappa shape index (κ2) is 7.92. The number of benzene rings is 2. The molecule has 1 fully saturated rings. The van der Waals surface area contributed by atoms with E-state index in [4.69, 9.17) is 0 Å². The van der Waals surface area contributed by atoms with Crippen LogP contribution in [-0.4, -0.2) is 40.6 Å². The lowest BCUT2D eigenvalue weighted by atomic mass is 9.89. The lowest BCUT2D eigenvalue weighted by Crippen LogP contribution is -2.37. The molecule has 1 aliphatic rings. The zero-order valence-corrected chi connectivity index (χ0v) is 14.7. The van der Waals surface area contributed by atoms with Crippen molar-refractivity contribution >= 4 is 22.8 Å². The molecule has 2 aromatic carbocycles. The number of piperidine rings is 1. The van der Waals surface area contributed by atoms with Crippen molar-refractivity contribution in [2.75, 3.05) is 25.6 Å². The predicted molar refractivity (Wildman–Crippen MR) is 102 cm³/mol. The summed E-state index contributed by atoms with van der Waals surface area (Å²) in [5, 5.41) is 26.5. The summed E-state index contributed by atoms with van der Waals surface area (Å²) < 4.78 is 0. The quantitative estimate of drug-likeness (QED) is 0.638. The molecule has 0 saturated carbocycles. The molecule has 3 rings (SSSR count). The highest BCUT2D eigenvalue weighted by Gasteiger charge is 2.26. The van der Waals surface area contributed by atoms with Gasteiger partial charge in [0.05, 0.1) is 15.9 Å². The monoisotopic (exact) mass is 369 g/mol. The van der Waals surface area contributed by atoms with Gasteiger partial charge < -0.3 is 4.90 Å². The second-order valence-corrected chi connectivity index (χ2v) is 6.41. The molecule has 2 aromatic rings. The molecule has 9 nitrogen and oxygen atoms in total. The number of anilines is 1. The number of hydrazone groups is 1. The first kappa shape index (κ1) is 18.5. The Kier molecular flexibility index (Phi) is 5.41. The van der Waals surface area contributed by atoms with E-state index in [0.29, 0.717) is 0 Å². The maximum absolute atomic E-state index is 11.3. The molecule has 0 spiro atoms. The lowest BCUT2D eigenvalue weighted by Gasteiger charge is -2.31. The second-order valence-electron chi connectivity index (χ2n) is 6.41. The number of nitrogens with one attached hydrogen (secondary N) is 1. The molecule has 0 amide bonds. The lowest BCUT2D eigenvalue weighted by molar-refractivity contribution is -0.393. The molecule has 1 aliphatic heterocycles. The molecule has 1 heterocycles. The van der Waals surface area contributed by atoms with Crippen LogP contribution in [0.1, 0.15) is 17.9 Å². The number of nitro benzene ring substituents is 2. The summed E-state index contributed by atoms with van der Waals surface area (Å²) in [5.41, 5.74) is 4.19. The van der Waals surface area contributed by atoms with Crippen LogP contribution < -0.4 is 5.43 Å². The average molecular weight is 369 g/mol. The van der Waals surface area contributed by atoms with E-state index >= 15 is 0 Å². The molecular formula is C18H19N5O4. The van der Waals surface area contributed by atoms with Crippen LogP contribution in [0.15, 0.2) is 53.6 Å². The van der Waals surface area contributed by atoms with Crippen molar-refractivity contribution in [2.24, 2.45) is 5.10 Å². The summed E-state index contributed by atoms with van der Waals surface area (Å²) >= 11 is 0. The molecule has 0 radical (unpaired) electrons. The average Bonchev–Trinajstić information content (AvgIpc) is 2.67. The summed E-state index contributed by atoms with van der Waals surface area (Å²) in [4.78, 5) is 23.0. The van der Waals surface area contributed by atoms with Crippen LogP contribution in [0.2, 0.25) is 0 Å². The number of rotatable bonds is 5. The minimum atomic E-state index is -0.662. The highest BCUT2D eigenvalue weighted by Crippen LogP contribution is 2.30. The van der Waals surface area contributed by atoms with Gasteiger partial charge in [0.15, 0.2) is 0 Å². The third-order valence-electron chi connectivity index (χ3n) is 4.56. The number of hydrogen-bond acceptors (Lipinski definition) is 7. The largest absolute Gasteiger partial charge is 0.305 e. The van der Waals surface area contributed by atoms with E-state index in [-0.39, 0.29) is 23.0 Å². The number of non-ortho nitro benzene ring substituents is 1. The van der Waals surface area contributed by atoms with Gasteiger partial charge in [-0.2, -0.15) is 5.10 Å².